The van der Waals surface area contributed by atoms with Crippen molar-refractivity contribution in [2.24, 2.45) is 5.73 Å². The van der Waals surface area contributed by atoms with Crippen LogP contribution in [0.4, 0.5) is 0 Å². The van der Waals surface area contributed by atoms with Crippen molar-refractivity contribution in [2.45, 2.75) is 19.0 Å². The van der Waals surface area contributed by atoms with Crippen molar-refractivity contribution in [3.05, 3.63) is 70.7 Å². The van der Waals surface area contributed by atoms with E-state index in [1.54, 1.807) is 11.9 Å². The molecule has 1 amide bonds. The standard InChI is InChI=1S/C17H19ClN2O/c1-20(12-14-9-5-6-10-15(14)18)17(21)16(19)11-13-7-3-2-4-8-13/h2-10,16H,11-12,19H2,1H3/t16-/m0/s1. The number of halogens is 1. The van der Waals surface area contributed by atoms with Gasteiger partial charge in [0.15, 0.2) is 0 Å². The average molecular weight is 303 g/mol. The Kier molecular flexibility index (Phi) is 5.37. The van der Waals surface area contributed by atoms with Crippen molar-refractivity contribution in [3.63, 3.8) is 0 Å². The van der Waals surface area contributed by atoms with E-state index in [1.165, 1.54) is 0 Å². The predicted molar refractivity (Wildman–Crippen MR) is 86.0 cm³/mol. The summed E-state index contributed by atoms with van der Waals surface area (Å²) in [6.45, 7) is 0.459. The molecule has 0 aromatic heterocycles. The molecular formula is C17H19ClN2O. The summed E-state index contributed by atoms with van der Waals surface area (Å²) in [6, 6.07) is 16.7. The number of hydrogen-bond acceptors (Lipinski definition) is 2. The molecule has 0 fully saturated rings. The van der Waals surface area contributed by atoms with Gasteiger partial charge in [-0.2, -0.15) is 0 Å². The van der Waals surface area contributed by atoms with Crippen LogP contribution in [0.25, 0.3) is 0 Å². The van der Waals surface area contributed by atoms with Crippen LogP contribution in [0.1, 0.15) is 11.1 Å². The minimum atomic E-state index is -0.542. The molecule has 3 nitrogen and oxygen atoms in total. The van der Waals surface area contributed by atoms with Gasteiger partial charge in [-0.05, 0) is 23.6 Å². The molecular weight excluding hydrogens is 284 g/mol. The summed E-state index contributed by atoms with van der Waals surface area (Å²) >= 11 is 6.11. The SMILES string of the molecule is CN(Cc1ccccc1Cl)C(=O)[C@@H](N)Cc1ccccc1. The topological polar surface area (TPSA) is 46.3 Å². The van der Waals surface area contributed by atoms with Crippen LogP contribution < -0.4 is 5.73 Å². The van der Waals surface area contributed by atoms with E-state index in [0.717, 1.165) is 11.1 Å². The van der Waals surface area contributed by atoms with Crippen molar-refractivity contribution < 1.29 is 4.79 Å². The number of hydrogen-bond donors (Lipinski definition) is 1. The maximum atomic E-state index is 12.3. The Balaban J connectivity index is 1.97. The summed E-state index contributed by atoms with van der Waals surface area (Å²) in [6.07, 6.45) is 0.534. The number of carbonyl (C=O) groups excluding carboxylic acids is 1. The highest BCUT2D eigenvalue weighted by molar-refractivity contribution is 6.31. The van der Waals surface area contributed by atoms with E-state index in [2.05, 4.69) is 0 Å². The molecule has 2 rings (SSSR count). The zero-order chi connectivity index (χ0) is 15.2. The van der Waals surface area contributed by atoms with Gasteiger partial charge in [0, 0.05) is 18.6 Å². The van der Waals surface area contributed by atoms with Crippen LogP contribution in [0.3, 0.4) is 0 Å². The summed E-state index contributed by atoms with van der Waals surface area (Å²) in [5.74, 6) is -0.0845. The second-order valence-corrected chi connectivity index (χ2v) is 5.49. The normalized spacial score (nSPS) is 12.0. The second kappa shape index (κ2) is 7.25. The maximum Gasteiger partial charge on any atom is 0.239 e. The van der Waals surface area contributed by atoms with Gasteiger partial charge in [0.1, 0.15) is 0 Å². The lowest BCUT2D eigenvalue weighted by molar-refractivity contribution is -0.131. The first-order valence-corrected chi connectivity index (χ1v) is 7.23. The van der Waals surface area contributed by atoms with Gasteiger partial charge in [-0.3, -0.25) is 4.79 Å². The zero-order valence-electron chi connectivity index (χ0n) is 12.0. The summed E-state index contributed by atoms with van der Waals surface area (Å²) in [4.78, 5) is 13.9. The van der Waals surface area contributed by atoms with E-state index in [1.807, 2.05) is 54.6 Å². The highest BCUT2D eigenvalue weighted by atomic mass is 35.5. The largest absolute Gasteiger partial charge is 0.340 e. The molecule has 110 valence electrons. The Labute approximate surface area is 130 Å². The molecule has 2 aromatic rings. The van der Waals surface area contributed by atoms with Gasteiger partial charge in [-0.25, -0.2) is 0 Å². The number of likely N-dealkylation sites (N-methyl/N-ethyl adjacent to an activating group) is 1. The molecule has 0 aliphatic heterocycles. The molecule has 0 aliphatic carbocycles. The van der Waals surface area contributed by atoms with E-state index in [9.17, 15) is 4.79 Å². The fourth-order valence-electron chi connectivity index (χ4n) is 2.20. The second-order valence-electron chi connectivity index (χ2n) is 5.08. The van der Waals surface area contributed by atoms with E-state index >= 15 is 0 Å². The smallest absolute Gasteiger partial charge is 0.239 e. The fourth-order valence-corrected chi connectivity index (χ4v) is 2.39. The highest BCUT2D eigenvalue weighted by Crippen LogP contribution is 2.17. The molecule has 0 aliphatic rings. The average Bonchev–Trinajstić information content (AvgIpc) is 2.49. The monoisotopic (exact) mass is 302 g/mol. The van der Waals surface area contributed by atoms with Crippen LogP contribution in [0, 0.1) is 0 Å². The lowest BCUT2D eigenvalue weighted by Crippen LogP contribution is -2.42. The summed E-state index contributed by atoms with van der Waals surface area (Å²) < 4.78 is 0. The number of amides is 1. The summed E-state index contributed by atoms with van der Waals surface area (Å²) in [5.41, 5.74) is 8.00. The van der Waals surface area contributed by atoms with Gasteiger partial charge < -0.3 is 10.6 Å². The van der Waals surface area contributed by atoms with Crippen LogP contribution in [0.2, 0.25) is 5.02 Å². The van der Waals surface area contributed by atoms with Crippen LogP contribution in [-0.2, 0) is 17.8 Å². The molecule has 0 saturated heterocycles. The third kappa shape index (κ3) is 4.31. The van der Waals surface area contributed by atoms with Crippen LogP contribution in [0.15, 0.2) is 54.6 Å². The van der Waals surface area contributed by atoms with Gasteiger partial charge in [-0.1, -0.05) is 60.1 Å². The molecule has 0 bridgehead atoms. The Morgan fingerprint density at radius 1 is 1.14 bits per heavy atom. The Morgan fingerprint density at radius 2 is 1.76 bits per heavy atom. The molecule has 4 heteroatoms. The Hall–Kier alpha value is -1.84. The molecule has 0 unspecified atom stereocenters. The molecule has 2 aromatic carbocycles. The van der Waals surface area contributed by atoms with Gasteiger partial charge in [0.25, 0.3) is 0 Å². The zero-order valence-corrected chi connectivity index (χ0v) is 12.8. The number of rotatable bonds is 5. The first kappa shape index (κ1) is 15.5. The van der Waals surface area contributed by atoms with Gasteiger partial charge in [0.05, 0.1) is 6.04 Å². The summed E-state index contributed by atoms with van der Waals surface area (Å²) in [5, 5.41) is 0.661. The van der Waals surface area contributed by atoms with Gasteiger partial charge in [0.2, 0.25) is 5.91 Å². The molecule has 0 heterocycles. The molecule has 21 heavy (non-hydrogen) atoms. The third-order valence-electron chi connectivity index (χ3n) is 3.36. The third-order valence-corrected chi connectivity index (χ3v) is 3.73. The highest BCUT2D eigenvalue weighted by Gasteiger charge is 2.19. The molecule has 1 atom stereocenters. The van der Waals surface area contributed by atoms with E-state index in [4.69, 9.17) is 17.3 Å². The van der Waals surface area contributed by atoms with E-state index < -0.39 is 6.04 Å². The van der Waals surface area contributed by atoms with Gasteiger partial charge in [-0.15, -0.1) is 0 Å². The minimum absolute atomic E-state index is 0.0845. The first-order valence-electron chi connectivity index (χ1n) is 6.86. The minimum Gasteiger partial charge on any atom is -0.340 e. The van der Waals surface area contributed by atoms with Crippen molar-refractivity contribution in [1.82, 2.24) is 4.90 Å². The number of nitrogens with two attached hydrogens (primary N) is 1. The molecule has 0 spiro atoms. The lowest BCUT2D eigenvalue weighted by Gasteiger charge is -2.22. The predicted octanol–water partition coefficient (Wildman–Crippen LogP) is 2.87. The Bertz CT molecular complexity index is 601. The van der Waals surface area contributed by atoms with Gasteiger partial charge >= 0.3 is 0 Å². The van der Waals surface area contributed by atoms with E-state index in [0.29, 0.717) is 18.0 Å². The maximum absolute atomic E-state index is 12.3. The van der Waals surface area contributed by atoms with Crippen molar-refractivity contribution in [1.29, 1.82) is 0 Å². The molecule has 2 N–H and O–H groups in total. The lowest BCUT2D eigenvalue weighted by atomic mass is 10.1. The van der Waals surface area contributed by atoms with Crippen LogP contribution in [0.5, 0.6) is 0 Å². The molecule has 0 saturated carbocycles. The van der Waals surface area contributed by atoms with Crippen LogP contribution >= 0.6 is 11.6 Å². The molecule has 0 radical (unpaired) electrons. The number of nitrogens with zero attached hydrogens (tertiary/aromatic N) is 1. The first-order chi connectivity index (χ1) is 10.1. The van der Waals surface area contributed by atoms with Crippen molar-refractivity contribution in [2.75, 3.05) is 7.05 Å². The quantitative estimate of drug-likeness (QED) is 0.923. The van der Waals surface area contributed by atoms with Crippen molar-refractivity contribution >= 4 is 17.5 Å². The number of benzene rings is 2. The number of carbonyl (C=O) groups is 1. The van der Waals surface area contributed by atoms with E-state index in [-0.39, 0.29) is 5.91 Å². The fraction of sp³-hybridized carbons (Fsp3) is 0.235. The Morgan fingerprint density at radius 3 is 2.43 bits per heavy atom. The van der Waals surface area contributed by atoms with Crippen molar-refractivity contribution in [3.8, 4) is 0 Å². The van der Waals surface area contributed by atoms with Crippen LogP contribution in [-0.4, -0.2) is 23.9 Å². The summed E-state index contributed by atoms with van der Waals surface area (Å²) in [7, 11) is 1.75.